The van der Waals surface area contributed by atoms with Gasteiger partial charge in [-0.2, -0.15) is 0 Å². The molecule has 15 nitrogen and oxygen atoms in total. The molecule has 34 heavy (non-hydrogen) atoms. The van der Waals surface area contributed by atoms with Crippen molar-refractivity contribution in [2.75, 3.05) is 20.2 Å². The van der Waals surface area contributed by atoms with E-state index in [4.69, 9.17) is 57.1 Å². The minimum atomic E-state index is -1.48. The van der Waals surface area contributed by atoms with Crippen molar-refractivity contribution >= 4 is 0 Å². The molecule has 0 spiro atoms. The Bertz CT molecular complexity index is 653. The zero-order valence-electron chi connectivity index (χ0n) is 19.2. The van der Waals surface area contributed by atoms with Crippen LogP contribution < -0.4 is 28.7 Å². The first-order valence-corrected chi connectivity index (χ1v) is 11.2. The zero-order valence-corrected chi connectivity index (χ0v) is 19.2. The molecule has 0 amide bonds. The van der Waals surface area contributed by atoms with E-state index in [1.807, 2.05) is 0 Å². The maximum atomic E-state index is 10.5. The summed E-state index contributed by atoms with van der Waals surface area (Å²) in [7, 11) is 1.39. The van der Waals surface area contributed by atoms with E-state index in [1.165, 1.54) is 7.11 Å². The van der Waals surface area contributed by atoms with Crippen LogP contribution in [-0.2, 0) is 28.4 Å². The highest BCUT2D eigenvalue weighted by atomic mass is 16.7. The highest BCUT2D eigenvalue weighted by Gasteiger charge is 2.52. The molecular formula is C19H39N5O10. The Balaban J connectivity index is 1.86. The minimum Gasteiger partial charge on any atom is -0.388 e. The third-order valence-corrected chi connectivity index (χ3v) is 6.63. The summed E-state index contributed by atoms with van der Waals surface area (Å²) in [6.07, 6.45) is -13.5. The van der Waals surface area contributed by atoms with Gasteiger partial charge in [-0.25, -0.2) is 0 Å². The van der Waals surface area contributed by atoms with Crippen LogP contribution in [0.1, 0.15) is 6.92 Å². The molecular weight excluding hydrogens is 458 g/mol. The molecule has 0 saturated carbocycles. The summed E-state index contributed by atoms with van der Waals surface area (Å²) in [4.78, 5) is 0. The van der Waals surface area contributed by atoms with Crippen LogP contribution in [0.3, 0.4) is 0 Å². The monoisotopic (exact) mass is 497 g/mol. The Morgan fingerprint density at radius 3 is 1.79 bits per heavy atom. The van der Waals surface area contributed by atoms with Crippen molar-refractivity contribution in [2.24, 2.45) is 28.7 Å². The van der Waals surface area contributed by atoms with E-state index in [1.54, 1.807) is 6.92 Å². The number of ether oxygens (including phenoxy) is 6. The van der Waals surface area contributed by atoms with Crippen molar-refractivity contribution < 1.29 is 48.8 Å². The highest BCUT2D eigenvalue weighted by Crippen LogP contribution is 2.32. The molecule has 15 heteroatoms. The van der Waals surface area contributed by atoms with Gasteiger partial charge in [0.2, 0.25) is 0 Å². The lowest BCUT2D eigenvalue weighted by molar-refractivity contribution is -0.352. The topological polar surface area (TPSA) is 266 Å². The van der Waals surface area contributed by atoms with Gasteiger partial charge in [0, 0.05) is 20.2 Å². The average Bonchev–Trinajstić information content (AvgIpc) is 2.83. The van der Waals surface area contributed by atoms with Crippen molar-refractivity contribution in [1.29, 1.82) is 0 Å². The normalized spacial score (nSPS) is 52.5. The number of rotatable bonds is 7. The highest BCUT2D eigenvalue weighted by molar-refractivity contribution is 4.99. The summed E-state index contributed by atoms with van der Waals surface area (Å²) in [5.74, 6) is 0. The van der Waals surface area contributed by atoms with E-state index >= 15 is 0 Å². The molecule has 0 aromatic rings. The van der Waals surface area contributed by atoms with Gasteiger partial charge in [0.25, 0.3) is 0 Å². The van der Waals surface area contributed by atoms with Gasteiger partial charge in [-0.05, 0) is 6.92 Å². The second kappa shape index (κ2) is 11.6. The maximum Gasteiger partial charge on any atom is 0.187 e. The Kier molecular flexibility index (Phi) is 9.57. The fourth-order valence-electron chi connectivity index (χ4n) is 4.40. The van der Waals surface area contributed by atoms with E-state index in [-0.39, 0.29) is 13.1 Å². The lowest BCUT2D eigenvalue weighted by atomic mass is 9.94. The SMILES string of the molecule is CO[C@@H]1O[C@H](CN)[C@@H](O[C@@H]2O[C@H](C)[C@@H](N)[C@H](O)[C@H]2O)[C@H](O[C@H]2O[C@H](CN)[C@@H](O)[C@H](O)[C@H]2N)[C@H]1N. The van der Waals surface area contributed by atoms with Gasteiger partial charge in [-0.15, -0.1) is 0 Å². The molecule has 200 valence electrons. The number of hydrogen-bond donors (Lipinski definition) is 9. The molecule has 0 radical (unpaired) electrons. The van der Waals surface area contributed by atoms with Crippen molar-refractivity contribution in [3.63, 3.8) is 0 Å². The number of aliphatic hydroxyl groups excluding tert-OH is 4. The quantitative estimate of drug-likeness (QED) is 0.158. The van der Waals surface area contributed by atoms with Crippen molar-refractivity contribution in [1.82, 2.24) is 0 Å². The first kappa shape index (κ1) is 28.0. The van der Waals surface area contributed by atoms with Gasteiger partial charge >= 0.3 is 0 Å². The lowest BCUT2D eigenvalue weighted by Gasteiger charge is -2.49. The summed E-state index contributed by atoms with van der Waals surface area (Å²) < 4.78 is 34.5. The van der Waals surface area contributed by atoms with Crippen LogP contribution in [-0.4, -0.2) is 133 Å². The predicted molar refractivity (Wildman–Crippen MR) is 114 cm³/mol. The van der Waals surface area contributed by atoms with Crippen LogP contribution in [0.4, 0.5) is 0 Å². The predicted octanol–water partition coefficient (Wildman–Crippen LogP) is -6.06. The summed E-state index contributed by atoms with van der Waals surface area (Å²) in [5.41, 5.74) is 29.8. The molecule has 0 unspecified atom stereocenters. The molecule has 3 heterocycles. The van der Waals surface area contributed by atoms with Crippen molar-refractivity contribution in [3.8, 4) is 0 Å². The molecule has 3 rings (SSSR count). The minimum absolute atomic E-state index is 0.0537. The largest absolute Gasteiger partial charge is 0.388 e. The van der Waals surface area contributed by atoms with E-state index < -0.39 is 91.9 Å². The molecule has 3 aliphatic rings. The third-order valence-electron chi connectivity index (χ3n) is 6.63. The summed E-state index contributed by atoms with van der Waals surface area (Å²) in [6.45, 7) is 1.47. The van der Waals surface area contributed by atoms with E-state index in [0.717, 1.165) is 0 Å². The molecule has 0 aromatic heterocycles. The van der Waals surface area contributed by atoms with E-state index in [0.29, 0.717) is 0 Å². The Hall–Kier alpha value is -0.600. The van der Waals surface area contributed by atoms with Crippen LogP contribution in [0.25, 0.3) is 0 Å². The summed E-state index contributed by atoms with van der Waals surface area (Å²) >= 11 is 0. The van der Waals surface area contributed by atoms with Crippen molar-refractivity contribution in [3.05, 3.63) is 0 Å². The Morgan fingerprint density at radius 2 is 1.21 bits per heavy atom. The van der Waals surface area contributed by atoms with Gasteiger partial charge in [0.15, 0.2) is 18.9 Å². The van der Waals surface area contributed by atoms with Crippen LogP contribution in [0.5, 0.6) is 0 Å². The summed E-state index contributed by atoms with van der Waals surface area (Å²) in [6, 6.07) is -2.94. The fourth-order valence-corrected chi connectivity index (χ4v) is 4.40. The molecule has 3 saturated heterocycles. The smallest absolute Gasteiger partial charge is 0.187 e. The number of hydrogen-bond acceptors (Lipinski definition) is 15. The molecule has 0 aliphatic carbocycles. The second-order valence-electron chi connectivity index (χ2n) is 8.90. The van der Waals surface area contributed by atoms with Crippen LogP contribution in [0.2, 0.25) is 0 Å². The number of nitrogens with two attached hydrogens (primary N) is 5. The van der Waals surface area contributed by atoms with Crippen LogP contribution >= 0.6 is 0 Å². The Morgan fingerprint density at radius 1 is 0.647 bits per heavy atom. The molecule has 3 aliphatic heterocycles. The average molecular weight is 498 g/mol. The maximum absolute atomic E-state index is 10.5. The molecule has 15 atom stereocenters. The zero-order chi connectivity index (χ0) is 25.3. The van der Waals surface area contributed by atoms with Gasteiger partial charge in [-0.3, -0.25) is 0 Å². The molecule has 0 aromatic carbocycles. The number of aliphatic hydroxyl groups is 4. The van der Waals surface area contributed by atoms with E-state index in [2.05, 4.69) is 0 Å². The van der Waals surface area contributed by atoms with Gasteiger partial charge in [-0.1, -0.05) is 0 Å². The first-order chi connectivity index (χ1) is 16.0. The lowest BCUT2D eigenvalue weighted by Crippen LogP contribution is -2.70. The van der Waals surface area contributed by atoms with Crippen LogP contribution in [0, 0.1) is 0 Å². The van der Waals surface area contributed by atoms with Gasteiger partial charge in [0.1, 0.15) is 48.8 Å². The standard InChI is InChI=1S/C19H39N5O10/c1-5-8(22)12(26)14(28)19(30-5)33-15-7(4-21)32-17(29-2)10(24)16(15)34-18-9(23)13(27)11(25)6(3-20)31-18/h5-19,25-28H,3-4,20-24H2,1-2H3/t5-,6-,7-,8-,9-,10-,11-,12+,13-,14-,15-,16-,17-,18-,19+/m1/s1. The van der Waals surface area contributed by atoms with Crippen LogP contribution in [0.15, 0.2) is 0 Å². The molecule has 3 fully saturated rings. The number of methoxy groups -OCH3 is 1. The third kappa shape index (κ3) is 5.39. The van der Waals surface area contributed by atoms with Gasteiger partial charge < -0.3 is 77.5 Å². The first-order valence-electron chi connectivity index (χ1n) is 11.2. The summed E-state index contributed by atoms with van der Waals surface area (Å²) in [5, 5.41) is 41.2. The molecule has 14 N–H and O–H groups in total. The van der Waals surface area contributed by atoms with E-state index in [9.17, 15) is 20.4 Å². The van der Waals surface area contributed by atoms with Gasteiger partial charge in [0.05, 0.1) is 24.2 Å². The second-order valence-corrected chi connectivity index (χ2v) is 8.90. The molecule has 0 bridgehead atoms. The fraction of sp³-hybridized carbons (Fsp3) is 1.00. The van der Waals surface area contributed by atoms with Crippen molar-refractivity contribution in [2.45, 2.75) is 98.9 Å². The Labute approximate surface area is 197 Å².